The van der Waals surface area contributed by atoms with Gasteiger partial charge in [0, 0.05) is 61.4 Å². The molecule has 0 saturated carbocycles. The van der Waals surface area contributed by atoms with E-state index in [4.69, 9.17) is 9.47 Å². The van der Waals surface area contributed by atoms with Crippen LogP contribution in [0.15, 0.2) is 97.1 Å². The van der Waals surface area contributed by atoms with Gasteiger partial charge in [0.2, 0.25) is 0 Å². The van der Waals surface area contributed by atoms with E-state index >= 15 is 0 Å². The van der Waals surface area contributed by atoms with Crippen molar-refractivity contribution >= 4 is 17.5 Å². The van der Waals surface area contributed by atoms with E-state index in [1.807, 2.05) is 91.0 Å². The SMILES string of the molecule is CN1CCOCC1.COc1cccc(CN(C(=O)c2cc(-c3ccccc3C(=O)N3CCc4ccccc4C3)n(C)c2C)c2ccc(O)cc2)c1C. The third-order valence-electron chi connectivity index (χ3n) is 10.2. The van der Waals surface area contributed by atoms with Gasteiger partial charge in [-0.15, -0.1) is 0 Å². The number of phenols is 1. The summed E-state index contributed by atoms with van der Waals surface area (Å²) in [6, 6.07) is 30.3. The number of rotatable bonds is 7. The zero-order valence-electron chi connectivity index (χ0n) is 30.8. The molecule has 0 aliphatic carbocycles. The third-order valence-corrected chi connectivity index (χ3v) is 10.2. The lowest BCUT2D eigenvalue weighted by atomic mass is 9.97. The van der Waals surface area contributed by atoms with Crippen molar-refractivity contribution in [3.63, 3.8) is 0 Å². The van der Waals surface area contributed by atoms with Crippen LogP contribution in [0.4, 0.5) is 5.69 Å². The number of aromatic nitrogens is 1. The average molecular weight is 701 g/mol. The highest BCUT2D eigenvalue weighted by Gasteiger charge is 2.28. The number of benzene rings is 4. The topological polar surface area (TPSA) is 87.5 Å². The normalized spacial score (nSPS) is 14.2. The van der Waals surface area contributed by atoms with Gasteiger partial charge in [0.1, 0.15) is 11.5 Å². The summed E-state index contributed by atoms with van der Waals surface area (Å²) in [5.74, 6) is 0.673. The minimum Gasteiger partial charge on any atom is -0.508 e. The molecule has 2 aliphatic rings. The van der Waals surface area contributed by atoms with E-state index in [2.05, 4.69) is 24.1 Å². The molecular formula is C43H48N4O5. The fourth-order valence-corrected chi connectivity index (χ4v) is 6.84. The van der Waals surface area contributed by atoms with Crippen LogP contribution in [-0.2, 0) is 31.3 Å². The summed E-state index contributed by atoms with van der Waals surface area (Å²) in [5.41, 5.74) is 8.54. The zero-order chi connectivity index (χ0) is 36.8. The van der Waals surface area contributed by atoms with Gasteiger partial charge in [0.15, 0.2) is 0 Å². The van der Waals surface area contributed by atoms with Gasteiger partial charge in [-0.2, -0.15) is 0 Å². The van der Waals surface area contributed by atoms with Crippen LogP contribution in [0.2, 0.25) is 0 Å². The van der Waals surface area contributed by atoms with Crippen LogP contribution < -0.4 is 9.64 Å². The average Bonchev–Trinajstić information content (AvgIpc) is 3.47. The van der Waals surface area contributed by atoms with E-state index in [0.29, 0.717) is 36.4 Å². The van der Waals surface area contributed by atoms with Crippen molar-refractivity contribution in [3.8, 4) is 22.8 Å². The van der Waals surface area contributed by atoms with E-state index in [0.717, 1.165) is 66.6 Å². The number of hydrogen-bond acceptors (Lipinski definition) is 6. The van der Waals surface area contributed by atoms with Gasteiger partial charge in [-0.1, -0.05) is 54.6 Å². The molecule has 270 valence electrons. The predicted molar refractivity (Wildman–Crippen MR) is 205 cm³/mol. The number of ether oxygens (including phenoxy) is 2. The van der Waals surface area contributed by atoms with E-state index < -0.39 is 0 Å². The molecule has 2 amide bonds. The Hall–Kier alpha value is -5.38. The molecule has 0 unspecified atom stereocenters. The van der Waals surface area contributed by atoms with Crippen LogP contribution in [0, 0.1) is 13.8 Å². The van der Waals surface area contributed by atoms with Crippen molar-refractivity contribution in [2.75, 3.05) is 51.9 Å². The number of fused-ring (bicyclic) bond motifs is 1. The lowest BCUT2D eigenvalue weighted by Gasteiger charge is -2.29. The van der Waals surface area contributed by atoms with Crippen LogP contribution in [-0.4, -0.2) is 78.3 Å². The molecule has 0 radical (unpaired) electrons. The number of aromatic hydroxyl groups is 1. The maximum absolute atomic E-state index is 14.4. The van der Waals surface area contributed by atoms with Crippen LogP contribution >= 0.6 is 0 Å². The Bertz CT molecular complexity index is 2030. The van der Waals surface area contributed by atoms with E-state index in [1.165, 1.54) is 11.1 Å². The molecule has 0 bridgehead atoms. The highest BCUT2D eigenvalue weighted by atomic mass is 16.5. The van der Waals surface area contributed by atoms with Gasteiger partial charge in [-0.3, -0.25) is 9.59 Å². The van der Waals surface area contributed by atoms with Gasteiger partial charge in [0.05, 0.1) is 32.4 Å². The summed E-state index contributed by atoms with van der Waals surface area (Å²) in [6.07, 6.45) is 0.825. The predicted octanol–water partition coefficient (Wildman–Crippen LogP) is 7.02. The van der Waals surface area contributed by atoms with Gasteiger partial charge < -0.3 is 33.8 Å². The van der Waals surface area contributed by atoms with Crippen molar-refractivity contribution in [2.45, 2.75) is 33.4 Å². The van der Waals surface area contributed by atoms with Crippen LogP contribution in [0.3, 0.4) is 0 Å². The Labute approximate surface area is 306 Å². The van der Waals surface area contributed by atoms with Gasteiger partial charge in [-0.25, -0.2) is 0 Å². The number of anilines is 1. The number of likely N-dealkylation sites (N-methyl/N-ethyl adjacent to an activating group) is 1. The molecule has 2 aliphatic heterocycles. The Kier molecular flexibility index (Phi) is 11.4. The molecule has 0 spiro atoms. The third kappa shape index (κ3) is 7.91. The van der Waals surface area contributed by atoms with Gasteiger partial charge >= 0.3 is 0 Å². The standard InChI is InChI=1S/C38H37N3O4.C5H11NO/c1-25-28(12-9-15-36(25)45-4)24-41(30-16-18-31(42)19-17-30)38(44)34-22-35(39(3)26(34)2)32-13-7-8-14-33(32)37(43)40-21-20-27-10-5-6-11-29(27)23-40;1-6-2-4-7-5-3-6/h5-19,22,42H,20-21,23-24H2,1-4H3;2-5H2,1H3. The first kappa shape index (κ1) is 36.4. The van der Waals surface area contributed by atoms with Crippen molar-refractivity contribution in [3.05, 3.63) is 136 Å². The molecule has 52 heavy (non-hydrogen) atoms. The first-order valence-electron chi connectivity index (χ1n) is 17.8. The molecule has 1 N–H and O–H groups in total. The molecule has 4 aromatic carbocycles. The first-order valence-corrected chi connectivity index (χ1v) is 17.8. The number of hydrogen-bond donors (Lipinski definition) is 1. The fraction of sp³-hybridized carbons (Fsp3) is 0.302. The van der Waals surface area contributed by atoms with Crippen molar-refractivity contribution in [1.29, 1.82) is 0 Å². The highest BCUT2D eigenvalue weighted by Crippen LogP contribution is 2.33. The van der Waals surface area contributed by atoms with Crippen LogP contribution in [0.1, 0.15) is 48.7 Å². The lowest BCUT2D eigenvalue weighted by Crippen LogP contribution is -2.36. The highest BCUT2D eigenvalue weighted by molar-refractivity contribution is 6.08. The van der Waals surface area contributed by atoms with Gasteiger partial charge in [0.25, 0.3) is 11.8 Å². The molecule has 1 fully saturated rings. The molecule has 3 heterocycles. The quantitative estimate of drug-likeness (QED) is 0.197. The van der Waals surface area contributed by atoms with Crippen molar-refractivity contribution < 1.29 is 24.2 Å². The number of amides is 2. The lowest BCUT2D eigenvalue weighted by molar-refractivity contribution is 0.0503. The number of carbonyl (C=O) groups is 2. The van der Waals surface area contributed by atoms with Gasteiger partial charge in [-0.05, 0) is 92.0 Å². The summed E-state index contributed by atoms with van der Waals surface area (Å²) in [6.45, 7) is 9.47. The molecule has 7 rings (SSSR count). The molecule has 0 atom stereocenters. The smallest absolute Gasteiger partial charge is 0.260 e. The summed E-state index contributed by atoms with van der Waals surface area (Å²) >= 11 is 0. The summed E-state index contributed by atoms with van der Waals surface area (Å²) in [4.78, 5) is 34.3. The maximum atomic E-state index is 14.4. The summed E-state index contributed by atoms with van der Waals surface area (Å²) in [7, 11) is 5.68. The molecule has 5 aromatic rings. The van der Waals surface area contributed by atoms with Crippen molar-refractivity contribution in [2.24, 2.45) is 7.05 Å². The number of methoxy groups -OCH3 is 1. The van der Waals surface area contributed by atoms with Crippen molar-refractivity contribution in [1.82, 2.24) is 14.4 Å². The molecular weight excluding hydrogens is 652 g/mol. The summed E-state index contributed by atoms with van der Waals surface area (Å²) < 4.78 is 12.6. The Balaban J connectivity index is 0.000000594. The minimum absolute atomic E-state index is 0.0222. The summed E-state index contributed by atoms with van der Waals surface area (Å²) in [5, 5.41) is 9.97. The molecule has 1 saturated heterocycles. The molecule has 1 aromatic heterocycles. The molecule has 9 heteroatoms. The Morgan fingerprint density at radius 2 is 1.52 bits per heavy atom. The van der Waals surface area contributed by atoms with Crippen LogP contribution in [0.25, 0.3) is 11.3 Å². The van der Waals surface area contributed by atoms with E-state index in [9.17, 15) is 14.7 Å². The van der Waals surface area contributed by atoms with Crippen LogP contribution in [0.5, 0.6) is 11.5 Å². The second kappa shape index (κ2) is 16.3. The Morgan fingerprint density at radius 3 is 2.21 bits per heavy atom. The largest absolute Gasteiger partial charge is 0.508 e. The first-order chi connectivity index (χ1) is 25.2. The minimum atomic E-state index is -0.182. The second-order valence-corrected chi connectivity index (χ2v) is 13.4. The number of carbonyl (C=O) groups excluding carboxylic acids is 2. The van der Waals surface area contributed by atoms with E-state index in [-0.39, 0.29) is 17.6 Å². The Morgan fingerprint density at radius 1 is 0.827 bits per heavy atom. The van der Waals surface area contributed by atoms with E-state index in [1.54, 1.807) is 36.3 Å². The fourth-order valence-electron chi connectivity index (χ4n) is 6.84. The molecule has 9 nitrogen and oxygen atoms in total. The number of phenolic OH excluding ortho intramolecular Hbond substituents is 1. The number of nitrogens with zero attached hydrogens (tertiary/aromatic N) is 4. The maximum Gasteiger partial charge on any atom is 0.260 e. The monoisotopic (exact) mass is 700 g/mol. The number of morpholine rings is 1. The zero-order valence-corrected chi connectivity index (χ0v) is 30.8. The second-order valence-electron chi connectivity index (χ2n) is 13.4.